The van der Waals surface area contributed by atoms with Gasteiger partial charge in [-0.2, -0.15) is 0 Å². The lowest BCUT2D eigenvalue weighted by Crippen LogP contribution is -2.32. The van der Waals surface area contributed by atoms with Crippen molar-refractivity contribution in [3.63, 3.8) is 0 Å². The Kier molecular flexibility index (Phi) is 5.46. The van der Waals surface area contributed by atoms with Crippen molar-refractivity contribution in [3.8, 4) is 0 Å². The minimum atomic E-state index is -0.520. The van der Waals surface area contributed by atoms with Gasteiger partial charge >= 0.3 is 0 Å². The van der Waals surface area contributed by atoms with Gasteiger partial charge in [0.2, 0.25) is 0 Å². The highest BCUT2D eigenvalue weighted by Crippen LogP contribution is 2.28. The van der Waals surface area contributed by atoms with Crippen LogP contribution in [0.4, 0.5) is 15.8 Å². The molecule has 0 radical (unpaired) electrons. The molecule has 2 aromatic carbocycles. The number of amides is 1. The predicted octanol–water partition coefficient (Wildman–Crippen LogP) is 3.65. The summed E-state index contributed by atoms with van der Waals surface area (Å²) in [6.07, 6.45) is 3.18. The van der Waals surface area contributed by atoms with Gasteiger partial charge in [0.15, 0.2) is 0 Å². The van der Waals surface area contributed by atoms with Crippen molar-refractivity contribution in [1.82, 2.24) is 5.32 Å². The molecule has 26 heavy (non-hydrogen) atoms. The second-order valence-electron chi connectivity index (χ2n) is 6.28. The van der Waals surface area contributed by atoms with Crippen LogP contribution in [0.1, 0.15) is 35.2 Å². The summed E-state index contributed by atoms with van der Waals surface area (Å²) in [5.74, 6) is -0.847. The van der Waals surface area contributed by atoms with Crippen molar-refractivity contribution in [2.75, 3.05) is 18.0 Å². The van der Waals surface area contributed by atoms with E-state index in [9.17, 15) is 19.3 Å². The molecule has 0 saturated carbocycles. The van der Waals surface area contributed by atoms with Crippen molar-refractivity contribution < 1.29 is 14.1 Å². The number of hydrogen-bond donors (Lipinski definition) is 1. The first-order valence-electron chi connectivity index (χ1n) is 8.61. The van der Waals surface area contributed by atoms with Crippen LogP contribution in [-0.4, -0.2) is 23.9 Å². The van der Waals surface area contributed by atoms with Crippen LogP contribution in [0.5, 0.6) is 0 Å². The van der Waals surface area contributed by atoms with Gasteiger partial charge < -0.3 is 10.2 Å². The van der Waals surface area contributed by atoms with E-state index in [2.05, 4.69) is 10.2 Å². The molecule has 2 aromatic rings. The molecule has 1 aliphatic heterocycles. The number of hydrogen-bond acceptors (Lipinski definition) is 4. The lowest BCUT2D eigenvalue weighted by molar-refractivity contribution is -0.384. The number of nitrogens with zero attached hydrogens (tertiary/aromatic N) is 2. The van der Waals surface area contributed by atoms with Crippen LogP contribution in [0.15, 0.2) is 42.5 Å². The Morgan fingerprint density at radius 2 is 1.88 bits per heavy atom. The first kappa shape index (κ1) is 17.8. The molecule has 3 rings (SSSR count). The lowest BCUT2D eigenvalue weighted by atomic mass is 10.1. The van der Waals surface area contributed by atoms with Crippen LogP contribution in [0.3, 0.4) is 0 Å². The van der Waals surface area contributed by atoms with E-state index in [0.717, 1.165) is 32.4 Å². The summed E-state index contributed by atoms with van der Waals surface area (Å²) in [6, 6.07) is 10.5. The van der Waals surface area contributed by atoms with Crippen molar-refractivity contribution in [2.24, 2.45) is 0 Å². The lowest BCUT2D eigenvalue weighted by Gasteiger charge is -2.30. The molecule has 1 fully saturated rings. The Balaban J connectivity index is 1.85. The molecule has 7 heteroatoms. The molecule has 1 amide bonds. The summed E-state index contributed by atoms with van der Waals surface area (Å²) in [4.78, 5) is 25.3. The molecule has 0 aliphatic carbocycles. The number of carbonyl (C=O) groups excluding carboxylic acids is 1. The van der Waals surface area contributed by atoms with Gasteiger partial charge in [0.25, 0.3) is 11.6 Å². The number of halogens is 1. The first-order valence-corrected chi connectivity index (χ1v) is 8.61. The molecule has 1 heterocycles. The van der Waals surface area contributed by atoms with E-state index in [-0.39, 0.29) is 17.8 Å². The number of nitro groups is 1. The summed E-state index contributed by atoms with van der Waals surface area (Å²) in [5, 5.41) is 13.8. The van der Waals surface area contributed by atoms with E-state index in [1.54, 1.807) is 24.3 Å². The average molecular weight is 357 g/mol. The summed E-state index contributed by atoms with van der Waals surface area (Å²) < 4.78 is 13.7. The van der Waals surface area contributed by atoms with Crippen molar-refractivity contribution >= 4 is 17.3 Å². The molecule has 0 atom stereocenters. The zero-order valence-corrected chi connectivity index (χ0v) is 14.3. The molecule has 0 spiro atoms. The average Bonchev–Trinajstić information content (AvgIpc) is 2.67. The van der Waals surface area contributed by atoms with E-state index in [1.165, 1.54) is 18.2 Å². The van der Waals surface area contributed by atoms with Crippen molar-refractivity contribution in [1.29, 1.82) is 0 Å². The van der Waals surface area contributed by atoms with Crippen LogP contribution in [0.2, 0.25) is 0 Å². The molecule has 6 nitrogen and oxygen atoms in total. The van der Waals surface area contributed by atoms with Crippen LogP contribution < -0.4 is 10.2 Å². The van der Waals surface area contributed by atoms with Gasteiger partial charge in [0.1, 0.15) is 5.82 Å². The third-order valence-electron chi connectivity index (χ3n) is 4.53. The Bertz CT molecular complexity index is 819. The van der Waals surface area contributed by atoms with Crippen LogP contribution in [-0.2, 0) is 6.54 Å². The number of piperidine rings is 1. The number of rotatable bonds is 5. The Morgan fingerprint density at radius 3 is 2.58 bits per heavy atom. The van der Waals surface area contributed by atoms with Gasteiger partial charge in [-0.25, -0.2) is 4.39 Å². The third kappa shape index (κ3) is 3.99. The van der Waals surface area contributed by atoms with Crippen molar-refractivity contribution in [2.45, 2.75) is 25.8 Å². The number of benzene rings is 2. The molecule has 1 N–H and O–H groups in total. The van der Waals surface area contributed by atoms with Gasteiger partial charge in [-0.1, -0.05) is 18.2 Å². The normalized spacial score (nSPS) is 14.1. The maximum atomic E-state index is 13.7. The monoisotopic (exact) mass is 357 g/mol. The smallest absolute Gasteiger partial charge is 0.270 e. The van der Waals surface area contributed by atoms with E-state index in [0.29, 0.717) is 11.3 Å². The minimum Gasteiger partial charge on any atom is -0.371 e. The summed E-state index contributed by atoms with van der Waals surface area (Å²) in [5.41, 5.74) is 1.16. The number of carbonyl (C=O) groups is 1. The molecule has 0 bridgehead atoms. The van der Waals surface area contributed by atoms with Crippen LogP contribution in [0, 0.1) is 15.9 Å². The first-order chi connectivity index (χ1) is 12.6. The zero-order chi connectivity index (χ0) is 18.5. The number of nitrogens with one attached hydrogen (secondary N) is 1. The highest BCUT2D eigenvalue weighted by molar-refractivity contribution is 6.00. The fourth-order valence-corrected chi connectivity index (χ4v) is 3.14. The summed E-state index contributed by atoms with van der Waals surface area (Å²) >= 11 is 0. The second-order valence-corrected chi connectivity index (χ2v) is 6.28. The maximum Gasteiger partial charge on any atom is 0.270 e. The standard InChI is InChI=1S/C19H20FN3O3/c20-17-7-3-2-6-14(17)13-21-19(24)16-12-15(23(25)26)8-9-18(16)22-10-4-1-5-11-22/h2-3,6-9,12H,1,4-5,10-11,13H2,(H,21,24). The second kappa shape index (κ2) is 7.95. The van der Waals surface area contributed by atoms with Crippen LogP contribution in [0.25, 0.3) is 0 Å². The topological polar surface area (TPSA) is 75.5 Å². The van der Waals surface area contributed by atoms with E-state index in [4.69, 9.17) is 0 Å². The molecular weight excluding hydrogens is 337 g/mol. The number of anilines is 1. The summed E-state index contributed by atoms with van der Waals surface area (Å²) in [7, 11) is 0. The molecule has 0 unspecified atom stereocenters. The summed E-state index contributed by atoms with van der Waals surface area (Å²) in [6.45, 7) is 1.64. The Labute approximate surface area is 150 Å². The number of non-ortho nitro benzene ring substituents is 1. The quantitative estimate of drug-likeness (QED) is 0.655. The van der Waals surface area contributed by atoms with E-state index < -0.39 is 16.6 Å². The Hall–Kier alpha value is -2.96. The van der Waals surface area contributed by atoms with Crippen molar-refractivity contribution in [3.05, 3.63) is 69.5 Å². The molecule has 1 aliphatic rings. The SMILES string of the molecule is O=C(NCc1ccccc1F)c1cc([N+](=O)[O-])ccc1N1CCCCC1. The zero-order valence-electron chi connectivity index (χ0n) is 14.3. The largest absolute Gasteiger partial charge is 0.371 e. The fourth-order valence-electron chi connectivity index (χ4n) is 3.14. The van der Waals surface area contributed by atoms with Gasteiger partial charge in [-0.05, 0) is 31.4 Å². The van der Waals surface area contributed by atoms with Crippen LogP contribution >= 0.6 is 0 Å². The molecule has 0 aromatic heterocycles. The highest BCUT2D eigenvalue weighted by Gasteiger charge is 2.22. The maximum absolute atomic E-state index is 13.7. The third-order valence-corrected chi connectivity index (χ3v) is 4.53. The number of nitro benzene ring substituents is 1. The van der Waals surface area contributed by atoms with E-state index >= 15 is 0 Å². The van der Waals surface area contributed by atoms with Gasteiger partial charge in [0, 0.05) is 37.3 Å². The molecule has 1 saturated heterocycles. The van der Waals surface area contributed by atoms with E-state index in [1.807, 2.05) is 0 Å². The molecule has 136 valence electrons. The molecular formula is C19H20FN3O3. The predicted molar refractivity (Wildman–Crippen MR) is 96.7 cm³/mol. The van der Waals surface area contributed by atoms with Gasteiger partial charge in [-0.3, -0.25) is 14.9 Å². The van der Waals surface area contributed by atoms with Gasteiger partial charge in [-0.15, -0.1) is 0 Å². The van der Waals surface area contributed by atoms with Gasteiger partial charge in [0.05, 0.1) is 16.2 Å². The minimum absolute atomic E-state index is 0.0215. The highest BCUT2D eigenvalue weighted by atomic mass is 19.1. The Morgan fingerprint density at radius 1 is 1.15 bits per heavy atom. The fraction of sp³-hybridized carbons (Fsp3) is 0.316.